The van der Waals surface area contributed by atoms with Crippen LogP contribution in [0, 0.1) is 10.1 Å². The summed E-state index contributed by atoms with van der Waals surface area (Å²) < 4.78 is 5.55. The average Bonchev–Trinajstić information content (AvgIpc) is 3.11. The highest BCUT2D eigenvalue weighted by Crippen LogP contribution is 2.29. The maximum Gasteiger partial charge on any atom is 0.292 e. The van der Waals surface area contributed by atoms with Gasteiger partial charge in [-0.1, -0.05) is 35.5 Å². The summed E-state index contributed by atoms with van der Waals surface area (Å²) in [5.74, 6) is -0.110. The molecule has 0 aliphatic carbocycles. The summed E-state index contributed by atoms with van der Waals surface area (Å²) in [5, 5.41) is 21.6. The number of amides is 1. The second-order valence-corrected chi connectivity index (χ2v) is 7.13. The molecule has 0 saturated heterocycles. The zero-order chi connectivity index (χ0) is 19.4. The largest absolute Gasteiger partial charge is 0.411 e. The predicted molar refractivity (Wildman–Crippen MR) is 102 cm³/mol. The van der Waals surface area contributed by atoms with Crippen LogP contribution in [0.2, 0.25) is 5.02 Å². The molecule has 0 saturated carbocycles. The Balaban J connectivity index is 1.67. The zero-order valence-corrected chi connectivity index (χ0v) is 15.5. The Morgan fingerprint density at radius 3 is 2.63 bits per heavy atom. The first-order valence-electron chi connectivity index (χ1n) is 7.74. The molecule has 10 heteroatoms. The van der Waals surface area contributed by atoms with Gasteiger partial charge in [0, 0.05) is 16.7 Å². The zero-order valence-electron chi connectivity index (χ0n) is 14.0. The van der Waals surface area contributed by atoms with Crippen molar-refractivity contribution in [1.29, 1.82) is 0 Å². The number of para-hydroxylation sites is 2. The number of hydrogen-bond acceptors (Lipinski definition) is 7. The van der Waals surface area contributed by atoms with Gasteiger partial charge < -0.3 is 9.73 Å². The number of nitrogens with one attached hydrogen (secondary N) is 1. The summed E-state index contributed by atoms with van der Waals surface area (Å²) in [5.41, 5.74) is 0.661. The van der Waals surface area contributed by atoms with Crippen LogP contribution in [0.3, 0.4) is 0 Å². The Labute approximate surface area is 163 Å². The van der Waals surface area contributed by atoms with Crippen LogP contribution in [0.25, 0.3) is 11.5 Å². The summed E-state index contributed by atoms with van der Waals surface area (Å²) in [6.07, 6.45) is 0. The molecule has 1 atom stereocenters. The number of nitro groups is 1. The van der Waals surface area contributed by atoms with Crippen molar-refractivity contribution in [2.45, 2.75) is 17.4 Å². The fourth-order valence-electron chi connectivity index (χ4n) is 2.14. The quantitative estimate of drug-likeness (QED) is 0.367. The number of anilines is 1. The number of halogens is 1. The number of thioether (sulfide) groups is 1. The Morgan fingerprint density at radius 1 is 1.22 bits per heavy atom. The Morgan fingerprint density at radius 2 is 1.93 bits per heavy atom. The van der Waals surface area contributed by atoms with Crippen molar-refractivity contribution in [3.8, 4) is 11.5 Å². The van der Waals surface area contributed by atoms with E-state index in [0.29, 0.717) is 16.5 Å². The third-order valence-electron chi connectivity index (χ3n) is 3.50. The average molecular weight is 405 g/mol. The topological polar surface area (TPSA) is 111 Å². The molecule has 138 valence electrons. The van der Waals surface area contributed by atoms with Crippen molar-refractivity contribution in [3.05, 3.63) is 63.7 Å². The maximum absolute atomic E-state index is 12.3. The number of rotatable bonds is 6. The minimum atomic E-state index is -0.608. The first-order chi connectivity index (χ1) is 12.9. The molecule has 0 unspecified atom stereocenters. The summed E-state index contributed by atoms with van der Waals surface area (Å²) >= 11 is 6.90. The molecule has 3 aromatic rings. The summed E-state index contributed by atoms with van der Waals surface area (Å²) in [4.78, 5) is 22.8. The molecular formula is C17H13ClN4O4S. The van der Waals surface area contributed by atoms with Gasteiger partial charge in [-0.3, -0.25) is 14.9 Å². The second kappa shape index (κ2) is 8.19. The standard InChI is InChI=1S/C17H13ClN4O4S/c1-10(15(23)19-13-4-2-3-5-14(13)22(24)25)27-17-21-20-16(26-17)11-6-8-12(18)9-7-11/h2-10H,1H3,(H,19,23)/t10-/m0/s1. The van der Waals surface area contributed by atoms with Gasteiger partial charge in [0.15, 0.2) is 0 Å². The van der Waals surface area contributed by atoms with Crippen molar-refractivity contribution in [2.24, 2.45) is 0 Å². The second-order valence-electron chi connectivity index (χ2n) is 5.40. The number of benzene rings is 2. The lowest BCUT2D eigenvalue weighted by molar-refractivity contribution is -0.383. The van der Waals surface area contributed by atoms with Gasteiger partial charge in [-0.05, 0) is 37.3 Å². The third kappa shape index (κ3) is 4.63. The molecule has 1 N–H and O–H groups in total. The fraction of sp³-hybridized carbons (Fsp3) is 0.118. The molecule has 3 rings (SSSR count). The predicted octanol–water partition coefficient (Wildman–Crippen LogP) is 4.42. The van der Waals surface area contributed by atoms with Gasteiger partial charge in [0.05, 0.1) is 10.2 Å². The monoisotopic (exact) mass is 404 g/mol. The van der Waals surface area contributed by atoms with Crippen LogP contribution >= 0.6 is 23.4 Å². The van der Waals surface area contributed by atoms with Gasteiger partial charge in [0.25, 0.3) is 10.9 Å². The van der Waals surface area contributed by atoms with E-state index in [1.165, 1.54) is 18.2 Å². The lowest BCUT2D eigenvalue weighted by atomic mass is 10.2. The molecule has 0 bridgehead atoms. The van der Waals surface area contributed by atoms with E-state index in [1.807, 2.05) is 0 Å². The van der Waals surface area contributed by atoms with Gasteiger partial charge in [-0.25, -0.2) is 0 Å². The van der Waals surface area contributed by atoms with Crippen molar-refractivity contribution < 1.29 is 14.1 Å². The maximum atomic E-state index is 12.3. The number of carbonyl (C=O) groups excluding carboxylic acids is 1. The van der Waals surface area contributed by atoms with Gasteiger partial charge >= 0.3 is 0 Å². The minimum Gasteiger partial charge on any atom is -0.411 e. The normalized spacial score (nSPS) is 11.8. The molecule has 1 heterocycles. The van der Waals surface area contributed by atoms with Crippen molar-refractivity contribution in [1.82, 2.24) is 10.2 Å². The van der Waals surface area contributed by atoms with Crippen LogP contribution in [0.1, 0.15) is 6.92 Å². The van der Waals surface area contributed by atoms with Crippen LogP contribution in [-0.2, 0) is 4.79 Å². The van der Waals surface area contributed by atoms with E-state index < -0.39 is 16.1 Å². The molecule has 2 aromatic carbocycles. The molecule has 27 heavy (non-hydrogen) atoms. The van der Waals surface area contributed by atoms with Gasteiger partial charge in [0.2, 0.25) is 11.8 Å². The molecule has 0 aliphatic heterocycles. The van der Waals surface area contributed by atoms with Crippen LogP contribution in [0.5, 0.6) is 0 Å². The van der Waals surface area contributed by atoms with Crippen LogP contribution in [-0.4, -0.2) is 26.3 Å². The first-order valence-corrected chi connectivity index (χ1v) is 9.00. The van der Waals surface area contributed by atoms with E-state index in [4.69, 9.17) is 16.0 Å². The van der Waals surface area contributed by atoms with Crippen LogP contribution in [0.15, 0.2) is 58.2 Å². The SMILES string of the molecule is C[C@H](Sc1nnc(-c2ccc(Cl)cc2)o1)C(=O)Nc1ccccc1[N+](=O)[O-]. The van der Waals surface area contributed by atoms with Crippen LogP contribution < -0.4 is 5.32 Å². The van der Waals surface area contributed by atoms with E-state index in [-0.39, 0.29) is 16.6 Å². The van der Waals surface area contributed by atoms with Gasteiger partial charge in [-0.15, -0.1) is 10.2 Å². The Hall–Kier alpha value is -2.91. The molecule has 1 amide bonds. The first kappa shape index (κ1) is 18.9. The van der Waals surface area contributed by atoms with Crippen molar-refractivity contribution in [3.63, 3.8) is 0 Å². The molecule has 1 aromatic heterocycles. The molecule has 0 spiro atoms. The van der Waals surface area contributed by atoms with E-state index in [0.717, 1.165) is 11.8 Å². The van der Waals surface area contributed by atoms with E-state index >= 15 is 0 Å². The highest BCUT2D eigenvalue weighted by atomic mass is 35.5. The highest BCUT2D eigenvalue weighted by Gasteiger charge is 2.22. The summed E-state index contributed by atoms with van der Waals surface area (Å²) in [6, 6.07) is 12.8. The lowest BCUT2D eigenvalue weighted by Gasteiger charge is -2.10. The van der Waals surface area contributed by atoms with E-state index in [2.05, 4.69) is 15.5 Å². The number of carbonyl (C=O) groups is 1. The smallest absolute Gasteiger partial charge is 0.292 e. The summed E-state index contributed by atoms with van der Waals surface area (Å²) in [6.45, 7) is 1.64. The van der Waals surface area contributed by atoms with Gasteiger partial charge in [-0.2, -0.15) is 0 Å². The van der Waals surface area contributed by atoms with E-state index in [1.54, 1.807) is 37.3 Å². The molecule has 0 fully saturated rings. The summed E-state index contributed by atoms with van der Waals surface area (Å²) in [7, 11) is 0. The molecular weight excluding hydrogens is 392 g/mol. The van der Waals surface area contributed by atoms with Gasteiger partial charge in [0.1, 0.15) is 5.69 Å². The Kier molecular flexibility index (Phi) is 5.72. The molecule has 0 aliphatic rings. The lowest BCUT2D eigenvalue weighted by Crippen LogP contribution is -2.22. The number of nitrogens with zero attached hydrogens (tertiary/aromatic N) is 3. The highest BCUT2D eigenvalue weighted by molar-refractivity contribution is 8.00. The van der Waals surface area contributed by atoms with Crippen LogP contribution in [0.4, 0.5) is 11.4 Å². The number of nitro benzene ring substituents is 1. The molecule has 8 nitrogen and oxygen atoms in total. The number of aromatic nitrogens is 2. The molecule has 0 radical (unpaired) electrons. The minimum absolute atomic E-state index is 0.132. The van der Waals surface area contributed by atoms with Crippen molar-refractivity contribution in [2.75, 3.05) is 5.32 Å². The number of hydrogen-bond donors (Lipinski definition) is 1. The third-order valence-corrected chi connectivity index (χ3v) is 4.69. The van der Waals surface area contributed by atoms with E-state index in [9.17, 15) is 14.9 Å². The Bertz CT molecular complexity index is 977. The fourth-order valence-corrected chi connectivity index (χ4v) is 2.95. The van der Waals surface area contributed by atoms with Crippen molar-refractivity contribution >= 4 is 40.6 Å².